The Labute approximate surface area is 87.0 Å². The maximum Gasteiger partial charge on any atom is 0.407 e. The van der Waals surface area contributed by atoms with Crippen LogP contribution in [0.3, 0.4) is 0 Å². The van der Waals surface area contributed by atoms with Crippen molar-refractivity contribution in [2.45, 2.75) is 25.7 Å². The minimum absolute atomic E-state index is 0.0511. The van der Waals surface area contributed by atoms with Gasteiger partial charge in [-0.15, -0.1) is 30.3 Å². The highest BCUT2D eigenvalue weighted by atomic mass is 17.2. The summed E-state index contributed by atoms with van der Waals surface area (Å²) in [5.41, 5.74) is 0. The fourth-order valence-electron chi connectivity index (χ4n) is 0.834. The first-order valence-electron chi connectivity index (χ1n) is 3.82. The molecule has 0 N–H and O–H groups in total. The summed E-state index contributed by atoms with van der Waals surface area (Å²) in [5.74, 6) is -2.98. The van der Waals surface area contributed by atoms with Gasteiger partial charge in [-0.25, -0.2) is 0 Å². The summed E-state index contributed by atoms with van der Waals surface area (Å²) in [4.78, 5) is 41.2. The molecule has 0 unspecified atom stereocenters. The minimum Gasteiger partial charge on any atom is -0.250 e. The van der Waals surface area contributed by atoms with E-state index < -0.39 is 27.7 Å². The van der Waals surface area contributed by atoms with E-state index in [2.05, 4.69) is 14.5 Å². The van der Waals surface area contributed by atoms with E-state index in [4.69, 9.17) is 0 Å². The number of rotatable bonds is 8. The Bertz CT molecular complexity index is 250. The van der Waals surface area contributed by atoms with Crippen LogP contribution < -0.4 is 0 Å². The second-order valence-corrected chi connectivity index (χ2v) is 2.38. The van der Waals surface area contributed by atoms with Gasteiger partial charge in [-0.05, 0) is 6.42 Å². The van der Waals surface area contributed by atoms with Crippen molar-refractivity contribution in [1.82, 2.24) is 0 Å². The van der Waals surface area contributed by atoms with Crippen LogP contribution in [-0.2, 0) is 14.5 Å². The van der Waals surface area contributed by atoms with Gasteiger partial charge in [0.25, 0.3) is 15.3 Å². The molecule has 0 aromatic carbocycles. The van der Waals surface area contributed by atoms with Crippen LogP contribution >= 0.6 is 0 Å². The Morgan fingerprint density at radius 3 is 1.44 bits per heavy atom. The van der Waals surface area contributed by atoms with Crippen LogP contribution in [0.4, 0.5) is 0 Å². The summed E-state index contributed by atoms with van der Waals surface area (Å²) in [6.07, 6.45) is -0.522. The first-order valence-corrected chi connectivity index (χ1v) is 3.82. The van der Waals surface area contributed by atoms with Gasteiger partial charge in [0.2, 0.25) is 0 Å². The molecule has 0 saturated heterocycles. The van der Waals surface area contributed by atoms with E-state index in [1.165, 1.54) is 6.92 Å². The van der Waals surface area contributed by atoms with Crippen molar-refractivity contribution < 1.29 is 29.8 Å². The van der Waals surface area contributed by atoms with Crippen LogP contribution in [0, 0.1) is 30.3 Å². The van der Waals surface area contributed by atoms with Gasteiger partial charge in [0.15, 0.2) is 0 Å². The Morgan fingerprint density at radius 2 is 1.25 bits per heavy atom. The zero-order chi connectivity index (χ0) is 12.8. The van der Waals surface area contributed by atoms with E-state index in [1.807, 2.05) is 0 Å². The Kier molecular flexibility index (Phi) is 4.65. The highest BCUT2D eigenvalue weighted by Gasteiger charge is 2.43. The highest BCUT2D eigenvalue weighted by molar-refractivity contribution is 4.49. The zero-order valence-electron chi connectivity index (χ0n) is 7.93. The van der Waals surface area contributed by atoms with Gasteiger partial charge < -0.3 is 0 Å². The fourth-order valence-corrected chi connectivity index (χ4v) is 0.834. The molecule has 0 aliphatic rings. The Morgan fingerprint density at radius 1 is 0.938 bits per heavy atom. The summed E-state index contributed by atoms with van der Waals surface area (Å²) >= 11 is 0. The molecule has 0 fully saturated rings. The largest absolute Gasteiger partial charge is 0.407 e. The lowest BCUT2D eigenvalue weighted by molar-refractivity contribution is -0.955. The molecule has 16 heavy (non-hydrogen) atoms. The Balaban J connectivity index is 4.93. The predicted octanol–water partition coefficient (Wildman–Crippen LogP) is 0.0652. The molecule has 92 valence electrons. The van der Waals surface area contributed by atoms with Crippen LogP contribution in [0.2, 0.25) is 0 Å². The van der Waals surface area contributed by atoms with E-state index in [1.54, 1.807) is 0 Å². The van der Waals surface area contributed by atoms with Gasteiger partial charge >= 0.3 is 5.97 Å². The standard InChI is InChI=1S/C4H7N3O9/c1-2-3-4(14-5(8)9,15-6(10)11)16-7(12)13/h2-3H2,1H3. The SMILES string of the molecule is CCCC(O[N+](=O)[O-])(O[N+](=O)[O-])O[N+](=O)[O-]. The molecule has 12 nitrogen and oxygen atoms in total. The topological polar surface area (TPSA) is 157 Å². The molecule has 0 radical (unpaired) electrons. The van der Waals surface area contributed by atoms with Crippen molar-refractivity contribution in [3.8, 4) is 0 Å². The fraction of sp³-hybridized carbons (Fsp3) is 1.00. The summed E-state index contributed by atoms with van der Waals surface area (Å²) in [7, 11) is 0. The molecular formula is C4H7N3O9. The highest BCUT2D eigenvalue weighted by Crippen LogP contribution is 2.22. The van der Waals surface area contributed by atoms with E-state index in [0.29, 0.717) is 0 Å². The average Bonchev–Trinajstić information content (AvgIpc) is 1.98. The van der Waals surface area contributed by atoms with Gasteiger partial charge in [0.1, 0.15) is 0 Å². The van der Waals surface area contributed by atoms with Crippen LogP contribution in [0.25, 0.3) is 0 Å². The quantitative estimate of drug-likeness (QED) is 0.325. The molecule has 12 heteroatoms. The van der Waals surface area contributed by atoms with Gasteiger partial charge in [-0.3, -0.25) is 14.5 Å². The molecule has 0 aliphatic carbocycles. The van der Waals surface area contributed by atoms with Crippen LogP contribution in [0.15, 0.2) is 0 Å². The van der Waals surface area contributed by atoms with Crippen molar-refractivity contribution in [3.63, 3.8) is 0 Å². The van der Waals surface area contributed by atoms with Crippen LogP contribution in [0.1, 0.15) is 19.8 Å². The van der Waals surface area contributed by atoms with Gasteiger partial charge in [-0.1, -0.05) is 6.92 Å². The predicted molar refractivity (Wildman–Crippen MR) is 41.9 cm³/mol. The molecule has 0 aromatic rings. The van der Waals surface area contributed by atoms with E-state index in [-0.39, 0.29) is 6.42 Å². The summed E-state index contributed by atoms with van der Waals surface area (Å²) < 4.78 is 0. The second kappa shape index (κ2) is 5.47. The second-order valence-electron chi connectivity index (χ2n) is 2.38. The van der Waals surface area contributed by atoms with Crippen molar-refractivity contribution in [1.29, 1.82) is 0 Å². The molecule has 0 amide bonds. The number of hydrogen-bond acceptors (Lipinski definition) is 9. The molecule has 0 spiro atoms. The van der Waals surface area contributed by atoms with Gasteiger partial charge in [0, 0.05) is 6.42 Å². The van der Waals surface area contributed by atoms with Gasteiger partial charge in [-0.2, -0.15) is 0 Å². The monoisotopic (exact) mass is 241 g/mol. The molecule has 0 atom stereocenters. The minimum atomic E-state index is -2.98. The summed E-state index contributed by atoms with van der Waals surface area (Å²) in [5, 5.41) is 25.6. The smallest absolute Gasteiger partial charge is 0.250 e. The Hall–Kier alpha value is -2.40. The van der Waals surface area contributed by atoms with Crippen molar-refractivity contribution >= 4 is 0 Å². The third kappa shape index (κ3) is 4.73. The first kappa shape index (κ1) is 13.6. The molecular weight excluding hydrogens is 234 g/mol. The molecule has 0 bridgehead atoms. The van der Waals surface area contributed by atoms with E-state index in [9.17, 15) is 30.3 Å². The average molecular weight is 241 g/mol. The van der Waals surface area contributed by atoms with E-state index in [0.717, 1.165) is 0 Å². The maximum absolute atomic E-state index is 10.0. The van der Waals surface area contributed by atoms with Crippen LogP contribution in [-0.4, -0.2) is 21.2 Å². The lowest BCUT2D eigenvalue weighted by Gasteiger charge is -2.24. The molecule has 0 saturated carbocycles. The zero-order valence-corrected chi connectivity index (χ0v) is 7.93. The summed E-state index contributed by atoms with van der Waals surface area (Å²) in [6.45, 7) is 1.44. The molecule has 0 heterocycles. The van der Waals surface area contributed by atoms with Crippen molar-refractivity contribution in [3.05, 3.63) is 30.3 Å². The lowest BCUT2D eigenvalue weighted by Crippen LogP contribution is -2.44. The van der Waals surface area contributed by atoms with Crippen molar-refractivity contribution in [2.75, 3.05) is 0 Å². The lowest BCUT2D eigenvalue weighted by atomic mass is 10.3. The molecule has 0 rings (SSSR count). The van der Waals surface area contributed by atoms with Gasteiger partial charge in [0.05, 0.1) is 0 Å². The maximum atomic E-state index is 10.0. The first-order chi connectivity index (χ1) is 7.31. The molecule has 0 aliphatic heterocycles. The normalized spacial score (nSPS) is 10.3. The van der Waals surface area contributed by atoms with E-state index >= 15 is 0 Å². The summed E-state index contributed by atoms with van der Waals surface area (Å²) in [6, 6.07) is 0. The number of hydrogen-bond donors (Lipinski definition) is 0. The van der Waals surface area contributed by atoms with Crippen LogP contribution in [0.5, 0.6) is 0 Å². The van der Waals surface area contributed by atoms with Crippen molar-refractivity contribution in [2.24, 2.45) is 0 Å². The molecule has 0 aromatic heterocycles. The third-order valence-electron chi connectivity index (χ3n) is 1.20. The third-order valence-corrected chi connectivity index (χ3v) is 1.20. The number of nitrogens with zero attached hydrogens (tertiary/aromatic N) is 3.